The minimum Gasteiger partial charge on any atom is -0.378 e. The van der Waals surface area contributed by atoms with E-state index in [2.05, 4.69) is 26.1 Å². The Kier molecular flexibility index (Phi) is 3.61. The van der Waals surface area contributed by atoms with E-state index in [9.17, 15) is 0 Å². The zero-order valence-corrected chi connectivity index (χ0v) is 14.1. The van der Waals surface area contributed by atoms with Crippen molar-refractivity contribution < 1.29 is 4.74 Å². The van der Waals surface area contributed by atoms with Crippen LogP contribution >= 0.6 is 0 Å². The Balaban J connectivity index is 1.42. The predicted molar refractivity (Wildman–Crippen MR) is 86.2 cm³/mol. The van der Waals surface area contributed by atoms with Crippen molar-refractivity contribution in [2.75, 3.05) is 6.61 Å². The van der Waals surface area contributed by atoms with Crippen molar-refractivity contribution in [3.8, 4) is 0 Å². The van der Waals surface area contributed by atoms with Gasteiger partial charge in [0.2, 0.25) is 0 Å². The molecule has 120 valence electrons. The fourth-order valence-electron chi connectivity index (χ4n) is 6.44. The van der Waals surface area contributed by atoms with Gasteiger partial charge in [0.05, 0.1) is 6.10 Å². The van der Waals surface area contributed by atoms with Crippen LogP contribution in [0.5, 0.6) is 0 Å². The van der Waals surface area contributed by atoms with E-state index in [1.165, 1.54) is 38.5 Å². The van der Waals surface area contributed by atoms with Crippen molar-refractivity contribution in [2.24, 2.45) is 29.1 Å². The van der Waals surface area contributed by atoms with Crippen LogP contribution in [0.15, 0.2) is 0 Å². The van der Waals surface area contributed by atoms with Crippen LogP contribution in [0, 0.1) is 29.1 Å². The smallest absolute Gasteiger partial charge is 0.0658 e. The summed E-state index contributed by atoms with van der Waals surface area (Å²) in [4.78, 5) is 0. The van der Waals surface area contributed by atoms with Gasteiger partial charge in [0.25, 0.3) is 0 Å². The summed E-state index contributed by atoms with van der Waals surface area (Å²) in [6.07, 6.45) is 10.6. The average molecular weight is 291 g/mol. The first-order chi connectivity index (χ1) is 10.1. The normalized spacial score (nSPS) is 54.7. The number of nitrogens with one attached hydrogen (secondary N) is 1. The minimum absolute atomic E-state index is 0.366. The van der Waals surface area contributed by atoms with E-state index in [1.54, 1.807) is 6.42 Å². The average Bonchev–Trinajstić information content (AvgIpc) is 2.47. The quantitative estimate of drug-likeness (QED) is 0.827. The second kappa shape index (κ2) is 5.23. The summed E-state index contributed by atoms with van der Waals surface area (Å²) in [5, 5.41) is 4.15. The van der Waals surface area contributed by atoms with E-state index in [0.717, 1.165) is 36.3 Å². The highest BCUT2D eigenvalue weighted by Gasteiger charge is 2.54. The molecule has 0 amide bonds. The van der Waals surface area contributed by atoms with Crippen molar-refractivity contribution in [2.45, 2.75) is 83.9 Å². The molecule has 0 spiro atoms. The summed E-state index contributed by atoms with van der Waals surface area (Å²) >= 11 is 0. The summed E-state index contributed by atoms with van der Waals surface area (Å²) in [5.41, 5.74) is 0.366. The Labute approximate surface area is 130 Å². The standard InChI is InChI=1S/C19H33NO/c1-4-19(3)16(11-17(19)21-5-2)20-18-14-7-12-6-13(9-14)10-15(18)8-12/h12-18,20H,4-11H2,1-3H3. The van der Waals surface area contributed by atoms with Gasteiger partial charge >= 0.3 is 0 Å². The van der Waals surface area contributed by atoms with Gasteiger partial charge < -0.3 is 10.1 Å². The van der Waals surface area contributed by atoms with Crippen LogP contribution in [0.25, 0.3) is 0 Å². The molecule has 5 rings (SSSR count). The monoisotopic (exact) mass is 291 g/mol. The molecule has 0 aromatic rings. The lowest BCUT2D eigenvalue weighted by atomic mass is 9.53. The van der Waals surface area contributed by atoms with Crippen LogP contribution in [0.4, 0.5) is 0 Å². The van der Waals surface area contributed by atoms with E-state index >= 15 is 0 Å². The Morgan fingerprint density at radius 2 is 1.57 bits per heavy atom. The van der Waals surface area contributed by atoms with Crippen LogP contribution in [-0.2, 0) is 4.74 Å². The maximum Gasteiger partial charge on any atom is 0.0658 e. The Bertz CT molecular complexity index is 367. The molecule has 0 aliphatic heterocycles. The maximum atomic E-state index is 5.98. The SMILES string of the molecule is CCOC1CC(NC2C3CC4CC(C3)CC2C4)C1(C)CC. The fraction of sp³-hybridized carbons (Fsp3) is 1.00. The van der Waals surface area contributed by atoms with Crippen molar-refractivity contribution >= 4 is 0 Å². The van der Waals surface area contributed by atoms with E-state index in [1.807, 2.05) is 0 Å². The van der Waals surface area contributed by atoms with Gasteiger partial charge in [-0.1, -0.05) is 13.8 Å². The third kappa shape index (κ3) is 2.20. The molecular formula is C19H33NO. The van der Waals surface area contributed by atoms with E-state index < -0.39 is 0 Å². The van der Waals surface area contributed by atoms with Crippen LogP contribution in [0.3, 0.4) is 0 Å². The molecule has 5 aliphatic rings. The number of ether oxygens (including phenoxy) is 1. The molecule has 4 bridgehead atoms. The predicted octanol–water partition coefficient (Wildman–Crippen LogP) is 3.99. The van der Waals surface area contributed by atoms with Gasteiger partial charge in [0.1, 0.15) is 0 Å². The number of hydrogen-bond donors (Lipinski definition) is 1. The number of rotatable bonds is 5. The van der Waals surface area contributed by atoms with Crippen molar-refractivity contribution in [1.29, 1.82) is 0 Å². The summed E-state index contributed by atoms with van der Waals surface area (Å²) in [5.74, 6) is 4.16. The molecule has 2 heteroatoms. The second-order valence-electron chi connectivity index (χ2n) is 8.71. The van der Waals surface area contributed by atoms with Gasteiger partial charge in [-0.25, -0.2) is 0 Å². The van der Waals surface area contributed by atoms with Crippen LogP contribution in [0.2, 0.25) is 0 Å². The number of hydrogen-bond acceptors (Lipinski definition) is 2. The highest BCUT2D eigenvalue weighted by molar-refractivity contribution is 5.09. The van der Waals surface area contributed by atoms with Crippen LogP contribution in [0.1, 0.15) is 65.7 Å². The summed E-state index contributed by atoms with van der Waals surface area (Å²) in [6, 6.07) is 1.53. The summed E-state index contributed by atoms with van der Waals surface area (Å²) < 4.78 is 5.98. The highest BCUT2D eigenvalue weighted by Crippen LogP contribution is 2.55. The molecule has 1 N–H and O–H groups in total. The molecule has 5 fully saturated rings. The van der Waals surface area contributed by atoms with E-state index in [4.69, 9.17) is 4.74 Å². The second-order valence-corrected chi connectivity index (χ2v) is 8.71. The maximum absolute atomic E-state index is 5.98. The third-order valence-corrected chi connectivity index (χ3v) is 7.73. The molecule has 3 unspecified atom stereocenters. The molecule has 0 heterocycles. The highest BCUT2D eigenvalue weighted by atomic mass is 16.5. The molecule has 2 nitrogen and oxygen atoms in total. The zero-order valence-electron chi connectivity index (χ0n) is 14.1. The lowest BCUT2D eigenvalue weighted by Crippen LogP contribution is -2.67. The molecule has 5 aliphatic carbocycles. The molecule has 0 radical (unpaired) electrons. The van der Waals surface area contributed by atoms with Gasteiger partial charge in [0.15, 0.2) is 0 Å². The lowest BCUT2D eigenvalue weighted by molar-refractivity contribution is -0.137. The van der Waals surface area contributed by atoms with Crippen molar-refractivity contribution in [3.63, 3.8) is 0 Å². The van der Waals surface area contributed by atoms with E-state index in [-0.39, 0.29) is 0 Å². The topological polar surface area (TPSA) is 21.3 Å². The van der Waals surface area contributed by atoms with E-state index in [0.29, 0.717) is 17.6 Å². The molecule has 5 saturated carbocycles. The molecule has 0 aromatic heterocycles. The largest absolute Gasteiger partial charge is 0.378 e. The van der Waals surface area contributed by atoms with Gasteiger partial charge in [0, 0.05) is 24.1 Å². The Morgan fingerprint density at radius 3 is 2.10 bits per heavy atom. The first kappa shape index (κ1) is 14.5. The van der Waals surface area contributed by atoms with Gasteiger partial charge in [-0.2, -0.15) is 0 Å². The molecule has 3 atom stereocenters. The minimum atomic E-state index is 0.366. The summed E-state index contributed by atoms with van der Waals surface area (Å²) in [6.45, 7) is 7.79. The lowest BCUT2D eigenvalue weighted by Gasteiger charge is -2.60. The first-order valence-electron chi connectivity index (χ1n) is 9.51. The van der Waals surface area contributed by atoms with Crippen LogP contribution < -0.4 is 5.32 Å². The van der Waals surface area contributed by atoms with Gasteiger partial charge in [-0.3, -0.25) is 0 Å². The molecule has 0 aromatic carbocycles. The van der Waals surface area contributed by atoms with Gasteiger partial charge in [-0.15, -0.1) is 0 Å². The zero-order chi connectivity index (χ0) is 14.6. The first-order valence-corrected chi connectivity index (χ1v) is 9.51. The summed E-state index contributed by atoms with van der Waals surface area (Å²) in [7, 11) is 0. The van der Waals surface area contributed by atoms with Crippen molar-refractivity contribution in [3.05, 3.63) is 0 Å². The molecule has 0 saturated heterocycles. The van der Waals surface area contributed by atoms with Crippen molar-refractivity contribution in [1.82, 2.24) is 5.32 Å². The van der Waals surface area contributed by atoms with Crippen LogP contribution in [-0.4, -0.2) is 24.8 Å². The Morgan fingerprint density at radius 1 is 0.952 bits per heavy atom. The fourth-order valence-corrected chi connectivity index (χ4v) is 6.44. The molecular weight excluding hydrogens is 258 g/mol. The van der Waals surface area contributed by atoms with Gasteiger partial charge in [-0.05, 0) is 75.5 Å². The Hall–Kier alpha value is -0.0800. The third-order valence-electron chi connectivity index (χ3n) is 7.73. The molecule has 21 heavy (non-hydrogen) atoms.